The number of aromatic nitrogens is 3. The van der Waals surface area contributed by atoms with Crippen LogP contribution in [0.1, 0.15) is 74.9 Å². The van der Waals surface area contributed by atoms with Crippen LogP contribution in [-0.2, 0) is 16.2 Å². The van der Waals surface area contributed by atoms with Crippen LogP contribution < -0.4 is 14.7 Å². The van der Waals surface area contributed by atoms with Crippen LogP contribution in [0.2, 0.25) is 0 Å². The van der Waals surface area contributed by atoms with Crippen molar-refractivity contribution in [3.05, 3.63) is 567 Å². The lowest BCUT2D eigenvalue weighted by Crippen LogP contribution is -2.16. The molecular formula is C141H106N6. The van der Waals surface area contributed by atoms with E-state index in [2.05, 4.69) is 604 Å². The van der Waals surface area contributed by atoms with Gasteiger partial charge in [0.1, 0.15) is 0 Å². The predicted molar refractivity (Wildman–Crippen MR) is 621 cm³/mol. The average molecular weight is 1880 g/mol. The molecule has 6 heteroatoms. The van der Waals surface area contributed by atoms with Gasteiger partial charge in [0, 0.05) is 117 Å². The molecule has 0 unspecified atom stereocenters. The number of benzene rings is 22. The number of para-hydroxylation sites is 7. The van der Waals surface area contributed by atoms with Crippen molar-refractivity contribution < 1.29 is 0 Å². The van der Waals surface area contributed by atoms with Gasteiger partial charge in [0.25, 0.3) is 0 Å². The Labute approximate surface area is 858 Å². The Kier molecular flexibility index (Phi) is 21.9. The molecule has 0 amide bonds. The quantitative estimate of drug-likeness (QED) is 0.0964. The normalized spacial score (nSPS) is 13.0. The fourth-order valence-electron chi connectivity index (χ4n) is 23.9. The van der Waals surface area contributed by atoms with Crippen molar-refractivity contribution in [1.29, 1.82) is 0 Å². The summed E-state index contributed by atoms with van der Waals surface area (Å²) in [5.41, 5.74) is 46.8. The van der Waals surface area contributed by atoms with Gasteiger partial charge in [-0.25, -0.2) is 0 Å². The minimum Gasteiger partial charge on any atom is -0.310 e. The van der Waals surface area contributed by atoms with E-state index in [9.17, 15) is 0 Å². The summed E-state index contributed by atoms with van der Waals surface area (Å²) in [7, 11) is 0. The summed E-state index contributed by atoms with van der Waals surface area (Å²) in [5.74, 6) is 0. The first-order valence-corrected chi connectivity index (χ1v) is 51.2. The summed E-state index contributed by atoms with van der Waals surface area (Å²) in [5, 5.41) is 7.53. The number of nitrogens with zero attached hydrogens (tertiary/aromatic N) is 6. The molecule has 0 radical (unpaired) electrons. The summed E-state index contributed by atoms with van der Waals surface area (Å²) in [6.45, 7) is 14.1. The molecule has 0 N–H and O–H groups in total. The SMILES string of the molecule is CC1(C)c2ccccc2-c2ccc(N(c3ccc(-c4ccccc4)cc3)c3ccc(-c4ccc5c(c4)c4ccccc4n5-c4ccccc4)cc3)cc21.CC1(C)c2ccccc2-c2ccc(N(c3ccc(-c4ccccc4)cc3)c3ccc4c(c3)c3ccccc3n4-c3ccccc3)cc21.CC1(C)c2ccccc2-c2ccc(N(c3ccccc3)c3ccc(-c4ccc5c(c4)c4ccccc4n5-c4ccccc4)cc3)cc21. The molecule has 25 aromatic rings. The van der Waals surface area contributed by atoms with Crippen molar-refractivity contribution in [2.24, 2.45) is 0 Å². The van der Waals surface area contributed by atoms with Crippen LogP contribution in [0, 0.1) is 0 Å². The lowest BCUT2D eigenvalue weighted by Gasteiger charge is -2.28. The van der Waals surface area contributed by atoms with Gasteiger partial charge in [0.15, 0.2) is 0 Å². The Bertz CT molecular complexity index is 9320. The minimum atomic E-state index is -0.0864. The first-order chi connectivity index (χ1) is 72.2. The molecule has 0 aliphatic heterocycles. The Morgan fingerprint density at radius 2 is 0.340 bits per heavy atom. The molecule has 3 aliphatic rings. The molecule has 3 aromatic heterocycles. The monoisotopic (exact) mass is 1880 g/mol. The predicted octanol–water partition coefficient (Wildman–Crippen LogP) is 38.3. The Morgan fingerprint density at radius 1 is 0.136 bits per heavy atom. The second-order valence-corrected chi connectivity index (χ2v) is 40.7. The summed E-state index contributed by atoms with van der Waals surface area (Å²) in [6, 6.07) is 194. The number of hydrogen-bond acceptors (Lipinski definition) is 3. The highest BCUT2D eigenvalue weighted by Gasteiger charge is 2.40. The van der Waals surface area contributed by atoms with Crippen LogP contribution in [0.15, 0.2) is 534 Å². The molecule has 28 rings (SSSR count). The van der Waals surface area contributed by atoms with Crippen LogP contribution >= 0.6 is 0 Å². The smallest absolute Gasteiger partial charge is 0.0542 e. The molecule has 0 atom stereocenters. The summed E-state index contributed by atoms with van der Waals surface area (Å²) in [6.07, 6.45) is 0. The molecule has 3 aliphatic carbocycles. The molecule has 0 saturated carbocycles. The molecule has 6 nitrogen and oxygen atoms in total. The molecule has 147 heavy (non-hydrogen) atoms. The Hall–Kier alpha value is -18.4. The molecule has 0 fully saturated rings. The standard InChI is InChI=1S/C51H38N2.2C45H34N2/c1-51(2)47-19-11-9-17-43(47)44-31-30-42(34-48(44)51)52(40-26-21-36(22-27-40)35-13-5-3-6-14-35)41-28-23-37(24-29-41)38-25-32-50-46(33-38)45-18-10-12-20-49(45)53(50)39-15-7-4-8-16-39;1-45(2)41-19-11-9-17-37(41)38-27-26-36(30-42(38)45)46(33-13-5-3-6-14-33)35-24-21-31(22-25-35)32-23-28-44-40(29-32)39-18-10-12-20-43(39)47(44)34-15-7-4-8-16-34;1-45(2)41-19-11-9-17-37(41)38-27-25-36(30-42(38)45)46(34-23-21-32(22-24-34)31-13-5-3-6-14-31)35-26-28-44-40(29-35)39-18-10-12-20-43(39)47(44)33-15-7-4-8-16-33/h3-34H,1-2H3;2*3-30H,1-2H3. The third-order valence-corrected chi connectivity index (χ3v) is 31.2. The van der Waals surface area contributed by atoms with E-state index in [0.717, 1.165) is 45.5 Å². The van der Waals surface area contributed by atoms with Crippen LogP contribution in [0.25, 0.3) is 160 Å². The summed E-state index contributed by atoms with van der Waals surface area (Å²) >= 11 is 0. The lowest BCUT2D eigenvalue weighted by molar-refractivity contribution is 0.660. The minimum absolute atomic E-state index is 0.0591. The maximum atomic E-state index is 2.42. The molecule has 0 spiro atoms. The van der Waals surface area contributed by atoms with E-state index in [4.69, 9.17) is 0 Å². The molecular weight excluding hydrogens is 1780 g/mol. The zero-order valence-electron chi connectivity index (χ0n) is 83.0. The van der Waals surface area contributed by atoms with Crippen LogP contribution in [0.5, 0.6) is 0 Å². The van der Waals surface area contributed by atoms with Crippen molar-refractivity contribution in [3.8, 4) is 95.0 Å². The number of fused-ring (bicyclic) bond motifs is 18. The van der Waals surface area contributed by atoms with Crippen molar-refractivity contribution in [3.63, 3.8) is 0 Å². The van der Waals surface area contributed by atoms with Crippen LogP contribution in [0.3, 0.4) is 0 Å². The third kappa shape index (κ3) is 15.4. The first kappa shape index (κ1) is 88.8. The Balaban J connectivity index is 0.000000112. The number of rotatable bonds is 16. The van der Waals surface area contributed by atoms with Gasteiger partial charge in [-0.3, -0.25) is 0 Å². The van der Waals surface area contributed by atoms with Gasteiger partial charge in [0.05, 0.1) is 33.1 Å². The maximum absolute atomic E-state index is 2.42. The second-order valence-electron chi connectivity index (χ2n) is 40.7. The highest BCUT2D eigenvalue weighted by Crippen LogP contribution is 2.56. The molecule has 22 aromatic carbocycles. The molecule has 0 bridgehead atoms. The van der Waals surface area contributed by atoms with Crippen LogP contribution in [0.4, 0.5) is 51.2 Å². The van der Waals surface area contributed by atoms with E-state index in [1.807, 2.05) is 0 Å². The van der Waals surface area contributed by atoms with Crippen molar-refractivity contribution >= 4 is 117 Å². The van der Waals surface area contributed by atoms with E-state index in [1.54, 1.807) is 0 Å². The summed E-state index contributed by atoms with van der Waals surface area (Å²) < 4.78 is 7.11. The van der Waals surface area contributed by atoms with Crippen molar-refractivity contribution in [2.75, 3.05) is 14.7 Å². The zero-order chi connectivity index (χ0) is 98.6. The van der Waals surface area contributed by atoms with Gasteiger partial charge in [-0.05, 0) is 305 Å². The average Bonchev–Trinajstić information content (AvgIpc) is 1.57. The van der Waals surface area contributed by atoms with Gasteiger partial charge in [-0.1, -0.05) is 381 Å². The van der Waals surface area contributed by atoms with Crippen LogP contribution in [-0.4, -0.2) is 13.7 Å². The molecule has 3 heterocycles. The highest BCUT2D eigenvalue weighted by atomic mass is 15.2. The van der Waals surface area contributed by atoms with E-state index in [-0.39, 0.29) is 16.2 Å². The van der Waals surface area contributed by atoms with Gasteiger partial charge in [-0.2, -0.15) is 0 Å². The van der Waals surface area contributed by atoms with E-state index in [1.165, 1.54) is 199 Å². The Morgan fingerprint density at radius 3 is 0.667 bits per heavy atom. The highest BCUT2D eigenvalue weighted by molar-refractivity contribution is 6.14. The fraction of sp³-hybridized carbons (Fsp3) is 0.0638. The topological polar surface area (TPSA) is 24.5 Å². The van der Waals surface area contributed by atoms with E-state index >= 15 is 0 Å². The number of anilines is 9. The van der Waals surface area contributed by atoms with Gasteiger partial charge in [0.2, 0.25) is 0 Å². The summed E-state index contributed by atoms with van der Waals surface area (Å²) in [4.78, 5) is 7.19. The molecule has 0 saturated heterocycles. The first-order valence-electron chi connectivity index (χ1n) is 51.2. The lowest BCUT2D eigenvalue weighted by atomic mass is 9.82. The van der Waals surface area contributed by atoms with E-state index in [0.29, 0.717) is 0 Å². The van der Waals surface area contributed by atoms with Gasteiger partial charge >= 0.3 is 0 Å². The zero-order valence-corrected chi connectivity index (χ0v) is 83.0. The largest absolute Gasteiger partial charge is 0.310 e. The van der Waals surface area contributed by atoms with E-state index < -0.39 is 0 Å². The second kappa shape index (κ2) is 36.2. The van der Waals surface area contributed by atoms with Gasteiger partial charge in [-0.15, -0.1) is 0 Å². The van der Waals surface area contributed by atoms with Crippen molar-refractivity contribution in [2.45, 2.75) is 57.8 Å². The molecule has 700 valence electrons. The van der Waals surface area contributed by atoms with Gasteiger partial charge < -0.3 is 28.4 Å². The number of hydrogen-bond donors (Lipinski definition) is 0. The van der Waals surface area contributed by atoms with Crippen molar-refractivity contribution in [1.82, 2.24) is 13.7 Å². The maximum Gasteiger partial charge on any atom is 0.0542 e. The fourth-order valence-corrected chi connectivity index (χ4v) is 23.9. The third-order valence-electron chi connectivity index (χ3n) is 31.2.